The summed E-state index contributed by atoms with van der Waals surface area (Å²) in [5, 5.41) is 2.67. The lowest BCUT2D eigenvalue weighted by atomic mass is 10.1. The van der Waals surface area contributed by atoms with Crippen molar-refractivity contribution in [2.75, 3.05) is 19.3 Å². The van der Waals surface area contributed by atoms with E-state index in [1.165, 1.54) is 6.92 Å². The summed E-state index contributed by atoms with van der Waals surface area (Å²) in [4.78, 5) is 23.0. The van der Waals surface area contributed by atoms with E-state index < -0.39 is 16.1 Å². The smallest absolute Gasteiger partial charge is 0.260 e. The van der Waals surface area contributed by atoms with Gasteiger partial charge in [-0.1, -0.05) is 0 Å². The van der Waals surface area contributed by atoms with Crippen LogP contribution in [-0.4, -0.2) is 45.6 Å². The van der Waals surface area contributed by atoms with Crippen molar-refractivity contribution in [3.63, 3.8) is 0 Å². The highest BCUT2D eigenvalue weighted by Gasteiger charge is 2.14. The summed E-state index contributed by atoms with van der Waals surface area (Å²) in [7, 11) is -3.20. The van der Waals surface area contributed by atoms with Crippen LogP contribution >= 0.6 is 0 Å². The third kappa shape index (κ3) is 7.75. The zero-order valence-electron chi connectivity index (χ0n) is 13.5. The lowest BCUT2D eigenvalue weighted by Gasteiger charge is -2.15. The molecule has 2 N–H and O–H groups in total. The topological polar surface area (TPSA) is 102 Å². The van der Waals surface area contributed by atoms with E-state index in [0.29, 0.717) is 24.3 Å². The molecule has 0 saturated carbocycles. The van der Waals surface area contributed by atoms with E-state index in [9.17, 15) is 18.0 Å². The Bertz CT molecular complexity index is 640. The normalized spacial score (nSPS) is 12.5. The maximum Gasteiger partial charge on any atom is 0.260 e. The molecule has 8 heteroatoms. The maximum absolute atomic E-state index is 11.9. The van der Waals surface area contributed by atoms with E-state index in [-0.39, 0.29) is 18.2 Å². The molecule has 128 valence electrons. The Labute approximate surface area is 136 Å². The number of ketones is 1. The van der Waals surface area contributed by atoms with Crippen LogP contribution in [-0.2, 0) is 14.8 Å². The SMILES string of the molecule is CC(=O)c1ccc(OC(C)C(=O)NCCCNS(C)(=O)=O)cc1. The number of ether oxygens (including phenoxy) is 1. The predicted molar refractivity (Wildman–Crippen MR) is 87.0 cm³/mol. The molecule has 0 bridgehead atoms. The molecular formula is C15H22N2O5S. The number of carbonyl (C=O) groups is 2. The number of hydrogen-bond donors (Lipinski definition) is 2. The average molecular weight is 342 g/mol. The fourth-order valence-electron chi connectivity index (χ4n) is 1.73. The summed E-state index contributed by atoms with van der Waals surface area (Å²) < 4.78 is 29.6. The first-order valence-electron chi connectivity index (χ1n) is 7.19. The van der Waals surface area contributed by atoms with E-state index in [1.54, 1.807) is 31.2 Å². The minimum absolute atomic E-state index is 0.0370. The van der Waals surface area contributed by atoms with Crippen molar-refractivity contribution < 1.29 is 22.7 Å². The first-order valence-corrected chi connectivity index (χ1v) is 9.08. The first-order chi connectivity index (χ1) is 10.7. The van der Waals surface area contributed by atoms with E-state index in [1.807, 2.05) is 0 Å². The molecule has 1 amide bonds. The number of amides is 1. The molecule has 1 aromatic rings. The highest BCUT2D eigenvalue weighted by Crippen LogP contribution is 2.14. The van der Waals surface area contributed by atoms with Gasteiger partial charge in [-0.15, -0.1) is 0 Å². The van der Waals surface area contributed by atoms with Gasteiger partial charge in [0, 0.05) is 18.7 Å². The molecule has 23 heavy (non-hydrogen) atoms. The Morgan fingerprint density at radius 3 is 2.30 bits per heavy atom. The third-order valence-corrected chi connectivity index (χ3v) is 3.69. The zero-order valence-corrected chi connectivity index (χ0v) is 14.3. The molecule has 0 aliphatic rings. The Hall–Kier alpha value is -1.93. The fourth-order valence-corrected chi connectivity index (χ4v) is 2.24. The van der Waals surface area contributed by atoms with Crippen LogP contribution in [0.25, 0.3) is 0 Å². The first kappa shape index (κ1) is 19.1. The summed E-state index contributed by atoms with van der Waals surface area (Å²) in [6, 6.07) is 6.55. The largest absolute Gasteiger partial charge is 0.481 e. The van der Waals surface area contributed by atoms with E-state index in [4.69, 9.17) is 4.74 Å². The second-order valence-corrected chi connectivity index (χ2v) is 6.98. The standard InChI is InChI=1S/C15H22N2O5S/c1-11(18)13-5-7-14(8-6-13)22-12(2)15(19)16-9-4-10-17-23(3,20)21/h5-8,12,17H,4,9-10H2,1-3H3,(H,16,19). The number of hydrogen-bond acceptors (Lipinski definition) is 5. The van der Waals surface area contributed by atoms with Gasteiger partial charge in [0.05, 0.1) is 6.26 Å². The lowest BCUT2D eigenvalue weighted by molar-refractivity contribution is -0.127. The predicted octanol–water partition coefficient (Wildman–Crippen LogP) is 0.712. The van der Waals surface area contributed by atoms with Crippen molar-refractivity contribution in [1.29, 1.82) is 0 Å². The van der Waals surface area contributed by atoms with Gasteiger partial charge in [0.15, 0.2) is 11.9 Å². The highest BCUT2D eigenvalue weighted by atomic mass is 32.2. The fraction of sp³-hybridized carbons (Fsp3) is 0.467. The van der Waals surface area contributed by atoms with Crippen molar-refractivity contribution in [3.8, 4) is 5.75 Å². The van der Waals surface area contributed by atoms with Crippen molar-refractivity contribution >= 4 is 21.7 Å². The van der Waals surface area contributed by atoms with Crippen LogP contribution in [0.4, 0.5) is 0 Å². The zero-order chi connectivity index (χ0) is 17.5. The number of benzene rings is 1. The van der Waals surface area contributed by atoms with Crippen molar-refractivity contribution in [1.82, 2.24) is 10.0 Å². The lowest BCUT2D eigenvalue weighted by Crippen LogP contribution is -2.37. The molecule has 1 unspecified atom stereocenters. The minimum atomic E-state index is -3.20. The van der Waals surface area contributed by atoms with Gasteiger partial charge in [-0.25, -0.2) is 13.1 Å². The van der Waals surface area contributed by atoms with Gasteiger partial charge in [-0.05, 0) is 44.5 Å². The molecule has 0 fully saturated rings. The molecule has 0 aromatic heterocycles. The van der Waals surface area contributed by atoms with Gasteiger partial charge < -0.3 is 10.1 Å². The Morgan fingerprint density at radius 1 is 1.17 bits per heavy atom. The second-order valence-electron chi connectivity index (χ2n) is 5.15. The van der Waals surface area contributed by atoms with Crippen LogP contribution in [0.5, 0.6) is 5.75 Å². The number of sulfonamides is 1. The number of Topliss-reactive ketones (excluding diaryl/α,β-unsaturated/α-hetero) is 1. The van der Waals surface area contributed by atoms with Gasteiger partial charge in [-0.3, -0.25) is 9.59 Å². The van der Waals surface area contributed by atoms with Crippen molar-refractivity contribution in [2.45, 2.75) is 26.4 Å². The van der Waals surface area contributed by atoms with E-state index >= 15 is 0 Å². The van der Waals surface area contributed by atoms with Crippen LogP contribution in [0.3, 0.4) is 0 Å². The Kier molecular flexibility index (Phi) is 7.18. The number of carbonyl (C=O) groups excluding carboxylic acids is 2. The molecule has 7 nitrogen and oxygen atoms in total. The van der Waals surface area contributed by atoms with Crippen LogP contribution < -0.4 is 14.8 Å². The molecule has 1 rings (SSSR count). The van der Waals surface area contributed by atoms with Gasteiger partial charge in [0.2, 0.25) is 10.0 Å². The van der Waals surface area contributed by atoms with E-state index in [0.717, 1.165) is 6.26 Å². The van der Waals surface area contributed by atoms with Gasteiger partial charge in [-0.2, -0.15) is 0 Å². The summed E-state index contributed by atoms with van der Waals surface area (Å²) >= 11 is 0. The molecule has 0 aliphatic heterocycles. The second kappa shape index (κ2) is 8.64. The maximum atomic E-state index is 11.9. The average Bonchev–Trinajstić information content (AvgIpc) is 2.46. The van der Waals surface area contributed by atoms with Crippen LogP contribution in [0.2, 0.25) is 0 Å². The summed E-state index contributed by atoms with van der Waals surface area (Å²) in [6.45, 7) is 3.70. The summed E-state index contributed by atoms with van der Waals surface area (Å²) in [5.41, 5.74) is 0.577. The molecule has 0 heterocycles. The molecule has 0 radical (unpaired) electrons. The van der Waals surface area contributed by atoms with E-state index in [2.05, 4.69) is 10.0 Å². The molecule has 1 aromatic carbocycles. The minimum Gasteiger partial charge on any atom is -0.481 e. The third-order valence-electron chi connectivity index (χ3n) is 2.96. The molecular weight excluding hydrogens is 320 g/mol. The summed E-state index contributed by atoms with van der Waals surface area (Å²) in [5.74, 6) is 0.168. The van der Waals surface area contributed by atoms with Crippen molar-refractivity contribution in [2.24, 2.45) is 0 Å². The van der Waals surface area contributed by atoms with Crippen LogP contribution in [0.15, 0.2) is 24.3 Å². The Balaban J connectivity index is 2.34. The molecule has 1 atom stereocenters. The Morgan fingerprint density at radius 2 is 1.78 bits per heavy atom. The number of rotatable bonds is 9. The van der Waals surface area contributed by atoms with Crippen LogP contribution in [0, 0.1) is 0 Å². The van der Waals surface area contributed by atoms with Gasteiger partial charge in [0.1, 0.15) is 5.75 Å². The van der Waals surface area contributed by atoms with Crippen LogP contribution in [0.1, 0.15) is 30.6 Å². The van der Waals surface area contributed by atoms with Gasteiger partial charge in [0.25, 0.3) is 5.91 Å². The summed E-state index contributed by atoms with van der Waals surface area (Å²) in [6.07, 6.45) is 0.874. The number of nitrogens with one attached hydrogen (secondary N) is 2. The molecule has 0 saturated heterocycles. The van der Waals surface area contributed by atoms with Gasteiger partial charge >= 0.3 is 0 Å². The quantitative estimate of drug-likeness (QED) is 0.508. The molecule has 0 spiro atoms. The van der Waals surface area contributed by atoms with Crippen molar-refractivity contribution in [3.05, 3.63) is 29.8 Å². The monoisotopic (exact) mass is 342 g/mol. The highest BCUT2D eigenvalue weighted by molar-refractivity contribution is 7.88. The molecule has 0 aliphatic carbocycles.